The summed E-state index contributed by atoms with van der Waals surface area (Å²) >= 11 is 0. The molecule has 0 radical (unpaired) electrons. The topological polar surface area (TPSA) is 43.2 Å². The molecule has 3 aromatic carbocycles. The number of rotatable bonds is 8. The number of aromatic nitrogens is 3. The van der Waals surface area contributed by atoms with Gasteiger partial charge in [-0.25, -0.2) is 9.97 Å². The second kappa shape index (κ2) is 14.1. The molecule has 0 saturated carbocycles. The number of hydrogen-bond acceptors (Lipinski definition) is 4. The standard InChI is InChI=1S/C30H32N4.C4H8O.CH4/c1-4-27-32-28-29(34(27)19-22(2)3)25-17-11-12-18-26(25)31-30(28)33(20-23-13-7-5-8-14-23)21-24-15-9-6-10-16-24;1-2-4-5-3-1;/h5-18,22H,4,19-21H2,1-3H3;1-4H2;1H4. The van der Waals surface area contributed by atoms with Crippen LogP contribution in [0.4, 0.5) is 5.82 Å². The summed E-state index contributed by atoms with van der Waals surface area (Å²) in [6.07, 6.45) is 3.45. The third kappa shape index (κ3) is 6.89. The Labute approximate surface area is 239 Å². The highest BCUT2D eigenvalue weighted by Crippen LogP contribution is 2.34. The van der Waals surface area contributed by atoms with E-state index in [9.17, 15) is 0 Å². The van der Waals surface area contributed by atoms with Crippen molar-refractivity contribution in [2.24, 2.45) is 5.92 Å². The number of aryl methyl sites for hydroxylation is 1. The van der Waals surface area contributed by atoms with Gasteiger partial charge in [-0.3, -0.25) is 0 Å². The molecule has 1 saturated heterocycles. The minimum absolute atomic E-state index is 0. The van der Waals surface area contributed by atoms with Crippen LogP contribution < -0.4 is 4.90 Å². The average Bonchev–Trinajstić information content (AvgIpc) is 3.66. The fourth-order valence-corrected chi connectivity index (χ4v) is 5.24. The van der Waals surface area contributed by atoms with E-state index in [-0.39, 0.29) is 7.43 Å². The first-order valence-corrected chi connectivity index (χ1v) is 14.3. The predicted octanol–water partition coefficient (Wildman–Crippen LogP) is 8.44. The first-order chi connectivity index (χ1) is 19.1. The Balaban J connectivity index is 0.000000557. The summed E-state index contributed by atoms with van der Waals surface area (Å²) in [5, 5.41) is 1.17. The number of pyridine rings is 1. The van der Waals surface area contributed by atoms with Gasteiger partial charge >= 0.3 is 0 Å². The number of imidazole rings is 1. The molecule has 5 heteroatoms. The zero-order valence-electron chi connectivity index (χ0n) is 23.5. The Morgan fingerprint density at radius 2 is 1.38 bits per heavy atom. The molecule has 40 heavy (non-hydrogen) atoms. The molecule has 0 amide bonds. The maximum absolute atomic E-state index is 5.21. The van der Waals surface area contributed by atoms with Crippen LogP contribution in [0.5, 0.6) is 0 Å². The lowest BCUT2D eigenvalue weighted by atomic mass is 10.1. The molecule has 5 aromatic rings. The molecule has 210 valence electrons. The van der Waals surface area contributed by atoms with Crippen LogP contribution in [0.1, 0.15) is 58.0 Å². The molecule has 0 bridgehead atoms. The summed E-state index contributed by atoms with van der Waals surface area (Å²) in [5.41, 5.74) is 5.75. The van der Waals surface area contributed by atoms with E-state index in [1.807, 2.05) is 0 Å². The van der Waals surface area contributed by atoms with Gasteiger partial charge in [0.25, 0.3) is 0 Å². The highest BCUT2D eigenvalue weighted by molar-refractivity contribution is 6.07. The quantitative estimate of drug-likeness (QED) is 0.200. The smallest absolute Gasteiger partial charge is 0.158 e. The van der Waals surface area contributed by atoms with Crippen LogP contribution in [0.15, 0.2) is 84.9 Å². The van der Waals surface area contributed by atoms with E-state index >= 15 is 0 Å². The zero-order chi connectivity index (χ0) is 27.0. The van der Waals surface area contributed by atoms with Gasteiger partial charge in [0.2, 0.25) is 0 Å². The van der Waals surface area contributed by atoms with E-state index in [4.69, 9.17) is 14.7 Å². The maximum atomic E-state index is 5.21. The van der Waals surface area contributed by atoms with Crippen molar-refractivity contribution in [2.75, 3.05) is 18.1 Å². The van der Waals surface area contributed by atoms with Gasteiger partial charge in [0, 0.05) is 44.7 Å². The Kier molecular flexibility index (Phi) is 10.3. The van der Waals surface area contributed by atoms with Gasteiger partial charge in [0.05, 0.1) is 11.0 Å². The molecule has 1 fully saturated rings. The molecule has 1 aliphatic heterocycles. The Hall–Kier alpha value is -3.70. The highest BCUT2D eigenvalue weighted by Gasteiger charge is 2.22. The molecule has 0 spiro atoms. The molecule has 5 nitrogen and oxygen atoms in total. The Bertz CT molecular complexity index is 1420. The van der Waals surface area contributed by atoms with Crippen LogP contribution in [0.2, 0.25) is 0 Å². The lowest BCUT2D eigenvalue weighted by Gasteiger charge is -2.25. The van der Waals surface area contributed by atoms with Crippen LogP contribution in [-0.4, -0.2) is 27.7 Å². The monoisotopic (exact) mass is 536 g/mol. The third-order valence-electron chi connectivity index (χ3n) is 7.07. The van der Waals surface area contributed by atoms with Gasteiger partial charge in [-0.1, -0.05) is 107 Å². The van der Waals surface area contributed by atoms with Crippen LogP contribution >= 0.6 is 0 Å². The molecule has 0 N–H and O–H groups in total. The zero-order valence-corrected chi connectivity index (χ0v) is 23.5. The van der Waals surface area contributed by atoms with E-state index in [0.717, 1.165) is 61.9 Å². The van der Waals surface area contributed by atoms with Gasteiger partial charge in [-0.2, -0.15) is 0 Å². The number of anilines is 1. The van der Waals surface area contributed by atoms with Crippen molar-refractivity contribution in [3.8, 4) is 0 Å². The fraction of sp³-hybridized carbons (Fsp3) is 0.371. The minimum Gasteiger partial charge on any atom is -0.381 e. The van der Waals surface area contributed by atoms with Crippen LogP contribution in [0.3, 0.4) is 0 Å². The van der Waals surface area contributed by atoms with Crippen LogP contribution in [0.25, 0.3) is 21.9 Å². The minimum atomic E-state index is 0. The lowest BCUT2D eigenvalue weighted by molar-refractivity contribution is 0.198. The highest BCUT2D eigenvalue weighted by atomic mass is 16.5. The Morgan fingerprint density at radius 3 is 1.90 bits per heavy atom. The summed E-state index contributed by atoms with van der Waals surface area (Å²) in [6, 6.07) is 29.8. The van der Waals surface area contributed by atoms with Crippen LogP contribution in [-0.2, 0) is 30.8 Å². The first kappa shape index (κ1) is 29.3. The van der Waals surface area contributed by atoms with Crippen molar-refractivity contribution in [1.82, 2.24) is 14.5 Å². The SMILES string of the molecule is C.C1CCOC1.CCc1nc2c(N(Cc3ccccc3)Cc3ccccc3)nc3ccccc3c2n1CC(C)C. The van der Waals surface area contributed by atoms with Gasteiger partial charge in [0.15, 0.2) is 5.82 Å². The van der Waals surface area contributed by atoms with Gasteiger partial charge in [-0.05, 0) is 36.0 Å². The average molecular weight is 537 g/mol. The van der Waals surface area contributed by atoms with Gasteiger partial charge < -0.3 is 14.2 Å². The Morgan fingerprint density at radius 1 is 0.800 bits per heavy atom. The van der Waals surface area contributed by atoms with E-state index < -0.39 is 0 Å². The molecule has 6 rings (SSSR count). The number of nitrogens with zero attached hydrogens (tertiary/aromatic N) is 4. The number of ether oxygens (including phenoxy) is 1. The van der Waals surface area contributed by atoms with E-state index in [2.05, 4.69) is 115 Å². The largest absolute Gasteiger partial charge is 0.381 e. The molecular weight excluding hydrogens is 492 g/mol. The molecular formula is C35H44N4O. The summed E-state index contributed by atoms with van der Waals surface area (Å²) in [5.74, 6) is 2.61. The molecule has 0 aliphatic carbocycles. The molecule has 3 heterocycles. The number of benzene rings is 3. The molecule has 2 aromatic heterocycles. The number of fused-ring (bicyclic) bond motifs is 3. The molecule has 0 unspecified atom stereocenters. The third-order valence-corrected chi connectivity index (χ3v) is 7.07. The number of hydrogen-bond donors (Lipinski definition) is 0. The normalized spacial score (nSPS) is 12.8. The van der Waals surface area contributed by atoms with E-state index in [1.165, 1.54) is 34.9 Å². The second-order valence-corrected chi connectivity index (χ2v) is 10.7. The van der Waals surface area contributed by atoms with Crippen molar-refractivity contribution in [2.45, 2.75) is 67.1 Å². The first-order valence-electron chi connectivity index (χ1n) is 14.3. The van der Waals surface area contributed by atoms with Crippen molar-refractivity contribution < 1.29 is 4.74 Å². The van der Waals surface area contributed by atoms with Crippen LogP contribution in [0, 0.1) is 5.92 Å². The van der Waals surface area contributed by atoms with Crippen molar-refractivity contribution >= 4 is 27.8 Å². The summed E-state index contributed by atoms with van der Waals surface area (Å²) in [4.78, 5) is 12.8. The van der Waals surface area contributed by atoms with Crippen molar-refractivity contribution in [3.63, 3.8) is 0 Å². The lowest BCUT2D eigenvalue weighted by Crippen LogP contribution is -2.23. The maximum Gasteiger partial charge on any atom is 0.158 e. The molecule has 1 aliphatic rings. The summed E-state index contributed by atoms with van der Waals surface area (Å²) in [6.45, 7) is 11.2. The molecule has 0 atom stereocenters. The summed E-state index contributed by atoms with van der Waals surface area (Å²) < 4.78 is 7.37. The van der Waals surface area contributed by atoms with Crippen molar-refractivity contribution in [3.05, 3.63) is 102 Å². The fourth-order valence-electron chi connectivity index (χ4n) is 5.24. The van der Waals surface area contributed by atoms with Gasteiger partial charge in [0.1, 0.15) is 11.3 Å². The summed E-state index contributed by atoms with van der Waals surface area (Å²) in [7, 11) is 0. The van der Waals surface area contributed by atoms with Crippen molar-refractivity contribution in [1.29, 1.82) is 0 Å². The predicted molar refractivity (Wildman–Crippen MR) is 169 cm³/mol. The second-order valence-electron chi connectivity index (χ2n) is 10.7. The number of para-hydroxylation sites is 1. The van der Waals surface area contributed by atoms with Gasteiger partial charge in [-0.15, -0.1) is 0 Å². The van der Waals surface area contributed by atoms with E-state index in [1.54, 1.807) is 0 Å². The van der Waals surface area contributed by atoms with E-state index in [0.29, 0.717) is 5.92 Å².